The van der Waals surface area contributed by atoms with Gasteiger partial charge in [-0.2, -0.15) is 4.31 Å². The molecule has 1 aromatic heterocycles. The number of hydrogen-bond acceptors (Lipinski definition) is 6. The average molecular weight is 498 g/mol. The summed E-state index contributed by atoms with van der Waals surface area (Å²) in [4.78, 5) is 25.2. The molecule has 0 bridgehead atoms. The van der Waals surface area contributed by atoms with Crippen LogP contribution in [0.2, 0.25) is 0 Å². The topological polar surface area (TPSA) is 93.9 Å². The second-order valence-corrected chi connectivity index (χ2v) is 11.4. The minimum Gasteiger partial charge on any atom is -0.457 e. The van der Waals surface area contributed by atoms with Crippen molar-refractivity contribution in [2.24, 2.45) is 0 Å². The summed E-state index contributed by atoms with van der Waals surface area (Å²) >= 11 is 0. The molecule has 35 heavy (non-hydrogen) atoms. The Kier molecular flexibility index (Phi) is 7.15. The van der Waals surface area contributed by atoms with Crippen LogP contribution in [0.25, 0.3) is 11.0 Å². The second kappa shape index (κ2) is 9.95. The first kappa shape index (κ1) is 25.1. The fraction of sp³-hybridized carbons (Fsp3) is 0.407. The normalized spacial score (nSPS) is 15.0. The van der Waals surface area contributed by atoms with Crippen LogP contribution in [-0.2, 0) is 21.4 Å². The van der Waals surface area contributed by atoms with Gasteiger partial charge in [-0.15, -0.1) is 0 Å². The van der Waals surface area contributed by atoms with Crippen molar-refractivity contribution in [2.45, 2.75) is 64.4 Å². The van der Waals surface area contributed by atoms with Crippen LogP contribution in [0.15, 0.2) is 50.5 Å². The third-order valence-electron chi connectivity index (χ3n) is 6.58. The smallest absolute Gasteiger partial charge is 0.338 e. The molecular formula is C27H31NO6S. The summed E-state index contributed by atoms with van der Waals surface area (Å²) in [6.07, 6.45) is 2.68. The lowest BCUT2D eigenvalue weighted by atomic mass is 9.95. The van der Waals surface area contributed by atoms with Gasteiger partial charge in [0.1, 0.15) is 12.2 Å². The van der Waals surface area contributed by atoms with E-state index in [1.807, 2.05) is 19.1 Å². The summed E-state index contributed by atoms with van der Waals surface area (Å²) in [5, 5.41) is 0.713. The van der Waals surface area contributed by atoms with E-state index < -0.39 is 21.6 Å². The maximum absolute atomic E-state index is 13.1. The number of nitrogens with zero attached hydrogens (tertiary/aromatic N) is 1. The summed E-state index contributed by atoms with van der Waals surface area (Å²) in [7, 11) is -3.68. The zero-order valence-corrected chi connectivity index (χ0v) is 21.4. The van der Waals surface area contributed by atoms with Gasteiger partial charge in [0, 0.05) is 30.1 Å². The van der Waals surface area contributed by atoms with Crippen molar-refractivity contribution in [2.75, 3.05) is 13.1 Å². The molecule has 0 spiro atoms. The van der Waals surface area contributed by atoms with E-state index in [4.69, 9.17) is 9.15 Å². The summed E-state index contributed by atoms with van der Waals surface area (Å²) in [5.41, 5.74) is 3.40. The lowest BCUT2D eigenvalue weighted by Gasteiger charge is -2.26. The maximum Gasteiger partial charge on any atom is 0.338 e. The number of fused-ring (bicyclic) bond motifs is 1. The van der Waals surface area contributed by atoms with Gasteiger partial charge in [-0.25, -0.2) is 18.0 Å². The van der Waals surface area contributed by atoms with Gasteiger partial charge < -0.3 is 9.15 Å². The quantitative estimate of drug-likeness (QED) is 0.349. The Balaban J connectivity index is 1.62. The fourth-order valence-electron chi connectivity index (χ4n) is 4.59. The molecule has 1 saturated heterocycles. The first-order valence-electron chi connectivity index (χ1n) is 11.9. The molecule has 186 valence electrons. The average Bonchev–Trinajstić information content (AvgIpc) is 2.82. The molecule has 8 heteroatoms. The fourth-order valence-corrected chi connectivity index (χ4v) is 6.13. The Morgan fingerprint density at radius 3 is 2.43 bits per heavy atom. The largest absolute Gasteiger partial charge is 0.457 e. The van der Waals surface area contributed by atoms with E-state index in [1.54, 1.807) is 13.0 Å². The summed E-state index contributed by atoms with van der Waals surface area (Å²) in [5.74, 6) is -0.371. The van der Waals surface area contributed by atoms with Gasteiger partial charge in [-0.05, 0) is 73.6 Å². The van der Waals surface area contributed by atoms with Gasteiger partial charge in [0.25, 0.3) is 0 Å². The van der Waals surface area contributed by atoms with E-state index in [2.05, 4.69) is 13.8 Å². The molecule has 7 nitrogen and oxygen atoms in total. The van der Waals surface area contributed by atoms with E-state index in [9.17, 15) is 18.0 Å². The number of aryl methyl sites for hydroxylation is 2. The molecule has 0 aliphatic carbocycles. The standard InChI is InChI=1S/C27H31NO6S/c1-17(2)22-15-24-20(13-26(29)34-25(24)12-19(22)4)16-33-27(30)23-14-21(9-8-18(23)3)35(31,32)28-10-6-5-7-11-28/h8-9,12-15,17H,5-7,10-11,16H2,1-4H3. The maximum atomic E-state index is 13.1. The monoisotopic (exact) mass is 497 g/mol. The molecule has 0 N–H and O–H groups in total. The van der Waals surface area contributed by atoms with Crippen LogP contribution >= 0.6 is 0 Å². The molecule has 2 heterocycles. The molecule has 0 amide bonds. The van der Waals surface area contributed by atoms with Crippen molar-refractivity contribution < 1.29 is 22.4 Å². The number of piperidine rings is 1. The van der Waals surface area contributed by atoms with Gasteiger partial charge in [0.2, 0.25) is 10.0 Å². The molecule has 0 saturated carbocycles. The first-order chi connectivity index (χ1) is 16.6. The van der Waals surface area contributed by atoms with Gasteiger partial charge in [0.05, 0.1) is 10.5 Å². The predicted octanol–water partition coefficient (Wildman–Crippen LogP) is 5.06. The van der Waals surface area contributed by atoms with Crippen molar-refractivity contribution in [3.8, 4) is 0 Å². The predicted molar refractivity (Wildman–Crippen MR) is 134 cm³/mol. The number of sulfonamides is 1. The number of carbonyl (C=O) groups excluding carboxylic acids is 1. The van der Waals surface area contributed by atoms with Crippen molar-refractivity contribution in [1.29, 1.82) is 0 Å². The van der Waals surface area contributed by atoms with Gasteiger partial charge in [-0.1, -0.05) is 26.3 Å². The second-order valence-electron chi connectivity index (χ2n) is 9.47. The van der Waals surface area contributed by atoms with Crippen molar-refractivity contribution >= 4 is 27.0 Å². The van der Waals surface area contributed by atoms with E-state index in [1.165, 1.54) is 22.5 Å². The zero-order chi connectivity index (χ0) is 25.3. The summed E-state index contributed by atoms with van der Waals surface area (Å²) < 4.78 is 38.6. The van der Waals surface area contributed by atoms with Crippen LogP contribution in [-0.4, -0.2) is 31.8 Å². The highest BCUT2D eigenvalue weighted by Gasteiger charge is 2.27. The Bertz CT molecular complexity index is 1430. The first-order valence-corrected chi connectivity index (χ1v) is 13.4. The van der Waals surface area contributed by atoms with Crippen LogP contribution in [0.4, 0.5) is 0 Å². The highest BCUT2D eigenvalue weighted by Crippen LogP contribution is 2.28. The minimum absolute atomic E-state index is 0.0832. The highest BCUT2D eigenvalue weighted by atomic mass is 32.2. The molecule has 1 aliphatic heterocycles. The number of rotatable bonds is 6. The number of carbonyl (C=O) groups is 1. The van der Waals surface area contributed by atoms with Crippen molar-refractivity contribution in [1.82, 2.24) is 4.31 Å². The lowest BCUT2D eigenvalue weighted by Crippen LogP contribution is -2.35. The molecule has 4 rings (SSSR count). The number of hydrogen-bond donors (Lipinski definition) is 0. The summed E-state index contributed by atoms with van der Waals surface area (Å²) in [6.45, 7) is 8.70. The third kappa shape index (κ3) is 5.18. The van der Waals surface area contributed by atoms with Crippen molar-refractivity contribution in [3.63, 3.8) is 0 Å². The molecule has 2 aromatic carbocycles. The number of benzene rings is 2. The van der Waals surface area contributed by atoms with Crippen LogP contribution in [0.1, 0.15) is 71.6 Å². The van der Waals surface area contributed by atoms with Gasteiger partial charge in [0.15, 0.2) is 0 Å². The number of esters is 1. The molecule has 1 fully saturated rings. The molecule has 0 atom stereocenters. The SMILES string of the molecule is Cc1ccc(S(=O)(=O)N2CCCCC2)cc1C(=O)OCc1cc(=O)oc2cc(C)c(C(C)C)cc12. The van der Waals surface area contributed by atoms with E-state index in [-0.39, 0.29) is 23.0 Å². The van der Waals surface area contributed by atoms with Gasteiger partial charge >= 0.3 is 11.6 Å². The minimum atomic E-state index is -3.68. The Labute approximate surface area is 205 Å². The third-order valence-corrected chi connectivity index (χ3v) is 8.47. The van der Waals surface area contributed by atoms with E-state index in [0.717, 1.165) is 30.4 Å². The van der Waals surface area contributed by atoms with Crippen LogP contribution < -0.4 is 5.63 Å². The molecule has 0 unspecified atom stereocenters. The summed E-state index contributed by atoms with van der Waals surface area (Å²) in [6, 6.07) is 9.67. The molecule has 0 radical (unpaired) electrons. The van der Waals surface area contributed by atoms with Crippen LogP contribution in [0.3, 0.4) is 0 Å². The molecule has 1 aliphatic rings. The van der Waals surface area contributed by atoms with Crippen LogP contribution in [0.5, 0.6) is 0 Å². The lowest BCUT2D eigenvalue weighted by molar-refractivity contribution is 0.0472. The molecule has 3 aromatic rings. The Morgan fingerprint density at radius 2 is 1.74 bits per heavy atom. The van der Waals surface area contributed by atoms with Gasteiger partial charge in [-0.3, -0.25) is 0 Å². The number of ether oxygens (including phenoxy) is 1. The van der Waals surface area contributed by atoms with Crippen LogP contribution in [0, 0.1) is 13.8 Å². The molecular weight excluding hydrogens is 466 g/mol. The van der Waals surface area contributed by atoms with E-state index in [0.29, 0.717) is 35.2 Å². The Morgan fingerprint density at radius 1 is 1.03 bits per heavy atom. The zero-order valence-electron chi connectivity index (χ0n) is 20.6. The Hall–Kier alpha value is -2.97. The van der Waals surface area contributed by atoms with Crippen molar-refractivity contribution in [3.05, 3.63) is 74.6 Å². The highest BCUT2D eigenvalue weighted by molar-refractivity contribution is 7.89. The van der Waals surface area contributed by atoms with E-state index >= 15 is 0 Å².